The van der Waals surface area contributed by atoms with Gasteiger partial charge in [-0.1, -0.05) is 31.4 Å². The molecule has 3 N–H and O–H groups in total. The number of carbonyl (C=O) groups is 1. The molecule has 2 unspecified atom stereocenters. The molecule has 240 valence electrons. The van der Waals surface area contributed by atoms with Crippen LogP contribution in [-0.2, 0) is 18.3 Å². The average Bonchev–Trinajstić information content (AvgIpc) is 3.53. The second-order valence-electron chi connectivity index (χ2n) is 13.6. The predicted molar refractivity (Wildman–Crippen MR) is 179 cm³/mol. The molecule has 1 aromatic heterocycles. The molecule has 1 amide bonds. The number of nitrogens with zero attached hydrogens (tertiary/aromatic N) is 5. The zero-order valence-electron chi connectivity index (χ0n) is 27.5. The van der Waals surface area contributed by atoms with E-state index in [0.717, 1.165) is 64.9 Å². The summed E-state index contributed by atoms with van der Waals surface area (Å²) in [5, 5.41) is 20.7. The zero-order chi connectivity index (χ0) is 32.9. The van der Waals surface area contributed by atoms with Crippen molar-refractivity contribution in [1.82, 2.24) is 35.2 Å². The third-order valence-corrected chi connectivity index (χ3v) is 10.1. The number of hydrogen-bond acceptors (Lipinski definition) is 7. The normalized spacial score (nSPS) is 23.3. The molecule has 1 saturated heterocycles. The molecule has 2 fully saturated rings. The molecule has 6 rings (SSSR count). The molecule has 0 bridgehead atoms. The van der Waals surface area contributed by atoms with Gasteiger partial charge in [0.1, 0.15) is 11.9 Å². The first-order valence-electron chi connectivity index (χ1n) is 16.0. The number of aryl methyl sites for hydroxylation is 2. The van der Waals surface area contributed by atoms with Crippen LogP contribution in [-0.4, -0.2) is 88.6 Å². The molecule has 1 aliphatic heterocycles. The molecule has 2 heterocycles. The summed E-state index contributed by atoms with van der Waals surface area (Å²) >= 11 is 0. The number of aromatic nitrogens is 3. The SMILES string of the molecule is C=C(c1ccc2c(c1)CCc1cc(C(=O)N(C)C)ccc1C2(C[C@H](C)NCC(=C)N1C(C#N)C[C@@H]2C[C@@H]21)c1n[nH]c(=O)[nH]1)N(C)C. The van der Waals surface area contributed by atoms with Crippen molar-refractivity contribution < 1.29 is 4.79 Å². The van der Waals surface area contributed by atoms with Crippen LogP contribution >= 0.6 is 0 Å². The maximum atomic E-state index is 13.1. The van der Waals surface area contributed by atoms with Gasteiger partial charge >= 0.3 is 5.69 Å². The van der Waals surface area contributed by atoms with Crippen LogP contribution in [0.2, 0.25) is 0 Å². The maximum Gasteiger partial charge on any atom is 0.340 e. The van der Waals surface area contributed by atoms with Gasteiger partial charge in [0.2, 0.25) is 0 Å². The molecule has 0 radical (unpaired) electrons. The Kier molecular flexibility index (Phi) is 8.15. The van der Waals surface area contributed by atoms with Gasteiger partial charge in [0.25, 0.3) is 5.91 Å². The van der Waals surface area contributed by atoms with Gasteiger partial charge < -0.3 is 20.0 Å². The average molecular weight is 621 g/mol. The van der Waals surface area contributed by atoms with Crippen molar-refractivity contribution in [3.8, 4) is 6.07 Å². The number of piperidine rings is 1. The quantitative estimate of drug-likeness (QED) is 0.316. The topological polar surface area (TPSA) is 124 Å². The van der Waals surface area contributed by atoms with Crippen molar-refractivity contribution >= 4 is 11.6 Å². The van der Waals surface area contributed by atoms with Crippen molar-refractivity contribution in [2.45, 2.75) is 62.6 Å². The van der Waals surface area contributed by atoms with Crippen LogP contribution in [0.15, 0.2) is 60.0 Å². The fourth-order valence-electron chi connectivity index (χ4n) is 7.66. The number of nitrogens with one attached hydrogen (secondary N) is 3. The van der Waals surface area contributed by atoms with E-state index in [2.05, 4.69) is 69.7 Å². The van der Waals surface area contributed by atoms with Crippen LogP contribution in [0.5, 0.6) is 0 Å². The van der Waals surface area contributed by atoms with Crippen LogP contribution in [0, 0.1) is 17.2 Å². The highest BCUT2D eigenvalue weighted by atomic mass is 16.2. The van der Waals surface area contributed by atoms with Crippen LogP contribution in [0.3, 0.4) is 0 Å². The molecular weight excluding hydrogens is 576 g/mol. The lowest BCUT2D eigenvalue weighted by atomic mass is 9.67. The number of rotatable bonds is 10. The van der Waals surface area contributed by atoms with E-state index in [4.69, 9.17) is 0 Å². The summed E-state index contributed by atoms with van der Waals surface area (Å²) in [6, 6.07) is 15.1. The second kappa shape index (κ2) is 12.0. The number of likely N-dealkylation sites (tertiary alicyclic amines) is 1. The lowest BCUT2D eigenvalue weighted by Gasteiger charge is -2.37. The van der Waals surface area contributed by atoms with Gasteiger partial charge in [0.05, 0.1) is 11.5 Å². The van der Waals surface area contributed by atoms with Gasteiger partial charge in [-0.2, -0.15) is 10.4 Å². The summed E-state index contributed by atoms with van der Waals surface area (Å²) in [4.78, 5) is 34.6. The summed E-state index contributed by atoms with van der Waals surface area (Å²) < 4.78 is 0. The van der Waals surface area contributed by atoms with E-state index in [-0.39, 0.29) is 23.7 Å². The van der Waals surface area contributed by atoms with Crippen LogP contribution in [0.1, 0.15) is 70.2 Å². The van der Waals surface area contributed by atoms with Crippen molar-refractivity contribution in [3.63, 3.8) is 0 Å². The number of aromatic amines is 2. The molecule has 10 nitrogen and oxygen atoms in total. The largest absolute Gasteiger partial charge is 0.378 e. The Balaban J connectivity index is 1.44. The monoisotopic (exact) mass is 620 g/mol. The molecule has 10 heteroatoms. The van der Waals surface area contributed by atoms with E-state index in [1.807, 2.05) is 37.2 Å². The Bertz CT molecular complexity index is 1720. The number of amides is 1. The zero-order valence-corrected chi connectivity index (χ0v) is 27.5. The Hall–Kier alpha value is -4.62. The number of benzene rings is 2. The first-order chi connectivity index (χ1) is 21.9. The lowest BCUT2D eigenvalue weighted by molar-refractivity contribution is 0.0827. The first-order valence-corrected chi connectivity index (χ1v) is 16.0. The minimum absolute atomic E-state index is 0.0478. The molecule has 46 heavy (non-hydrogen) atoms. The number of fused-ring (bicyclic) bond motifs is 3. The third kappa shape index (κ3) is 5.43. The van der Waals surface area contributed by atoms with Gasteiger partial charge in [-0.25, -0.2) is 9.89 Å². The van der Waals surface area contributed by atoms with E-state index in [0.29, 0.717) is 36.3 Å². The Labute approximate surface area is 270 Å². The van der Waals surface area contributed by atoms with E-state index >= 15 is 0 Å². The summed E-state index contributed by atoms with van der Waals surface area (Å²) in [5.41, 5.74) is 6.56. The van der Waals surface area contributed by atoms with E-state index in [1.165, 1.54) is 0 Å². The smallest absolute Gasteiger partial charge is 0.340 e. The Morgan fingerprint density at radius 1 is 1.09 bits per heavy atom. The van der Waals surface area contributed by atoms with Gasteiger partial charge in [-0.3, -0.25) is 9.78 Å². The number of H-pyrrole nitrogens is 2. The van der Waals surface area contributed by atoms with E-state index in [1.54, 1.807) is 19.0 Å². The summed E-state index contributed by atoms with van der Waals surface area (Å²) in [6.07, 6.45) is 4.09. The van der Waals surface area contributed by atoms with Crippen LogP contribution in [0.25, 0.3) is 5.70 Å². The van der Waals surface area contributed by atoms with Crippen molar-refractivity contribution in [2.24, 2.45) is 5.92 Å². The summed E-state index contributed by atoms with van der Waals surface area (Å²) in [6.45, 7) is 11.4. The molecule has 1 saturated carbocycles. The van der Waals surface area contributed by atoms with Crippen LogP contribution in [0.4, 0.5) is 0 Å². The fourth-order valence-corrected chi connectivity index (χ4v) is 7.66. The molecule has 2 aliphatic carbocycles. The van der Waals surface area contributed by atoms with Crippen LogP contribution < -0.4 is 11.0 Å². The number of nitriles is 1. The maximum absolute atomic E-state index is 13.1. The van der Waals surface area contributed by atoms with E-state index in [9.17, 15) is 14.9 Å². The molecule has 2 aromatic carbocycles. The van der Waals surface area contributed by atoms with Gasteiger partial charge in [0.15, 0.2) is 0 Å². The highest BCUT2D eigenvalue weighted by molar-refractivity contribution is 5.94. The Morgan fingerprint density at radius 3 is 2.33 bits per heavy atom. The van der Waals surface area contributed by atoms with Crippen molar-refractivity contribution in [3.05, 3.63) is 105 Å². The van der Waals surface area contributed by atoms with Crippen molar-refractivity contribution in [2.75, 3.05) is 34.7 Å². The number of hydrogen-bond donors (Lipinski definition) is 3. The van der Waals surface area contributed by atoms with Gasteiger partial charge in [0, 0.05) is 63.8 Å². The van der Waals surface area contributed by atoms with Gasteiger partial charge in [-0.05, 0) is 91.0 Å². The third-order valence-electron chi connectivity index (χ3n) is 10.1. The van der Waals surface area contributed by atoms with Gasteiger partial charge in [-0.15, -0.1) is 0 Å². The fraction of sp³-hybridized carbons (Fsp3) is 0.444. The highest BCUT2D eigenvalue weighted by Crippen LogP contribution is 2.49. The predicted octanol–water partition coefficient (Wildman–Crippen LogP) is 3.63. The molecular formula is C36H44N8O2. The number of carbonyl (C=O) groups excluding carboxylic acids is 1. The Morgan fingerprint density at radius 2 is 1.74 bits per heavy atom. The van der Waals surface area contributed by atoms with E-state index < -0.39 is 5.41 Å². The van der Waals surface area contributed by atoms with Crippen molar-refractivity contribution in [1.29, 1.82) is 5.26 Å². The molecule has 5 atom stereocenters. The highest BCUT2D eigenvalue weighted by Gasteiger charge is 2.52. The minimum Gasteiger partial charge on any atom is -0.378 e. The first kappa shape index (κ1) is 31.4. The molecule has 3 aromatic rings. The lowest BCUT2D eigenvalue weighted by Crippen LogP contribution is -2.42. The second-order valence-corrected chi connectivity index (χ2v) is 13.6. The summed E-state index contributed by atoms with van der Waals surface area (Å²) in [5.74, 6) is 1.08. The summed E-state index contributed by atoms with van der Waals surface area (Å²) in [7, 11) is 7.48. The minimum atomic E-state index is -0.837. The standard InChI is InChI=1S/C36H44N8O2/c1-21(38-20-22(2)44-29(19-37)16-28-17-32(28)44)18-36(34-39-35(46)41-40-34)30-12-10-24(23(3)42(4)5)14-25(30)8-9-26-15-27(11-13-31(26)36)33(45)43(6)7/h10-15,21,28-29,32,38H,2-3,8-9,16-18,20H2,1,4-7H3,(H2,39,40,41,46)/t21-,28+,29?,32-,36?/m0/s1. The molecule has 0 spiro atoms. The molecule has 3 aliphatic rings.